The molecule has 0 atom stereocenters. The lowest BCUT2D eigenvalue weighted by Crippen LogP contribution is -2.24. The number of nitro benzene ring substituents is 1. The van der Waals surface area contributed by atoms with E-state index in [-0.39, 0.29) is 5.69 Å². The fourth-order valence-corrected chi connectivity index (χ4v) is 3.46. The van der Waals surface area contributed by atoms with Crippen molar-refractivity contribution in [2.24, 2.45) is 5.10 Å². The first kappa shape index (κ1) is 19.2. The van der Waals surface area contributed by atoms with E-state index in [1.807, 2.05) is 41.1 Å². The number of hydrogen-bond acceptors (Lipinski definition) is 5. The second-order valence-electron chi connectivity index (χ2n) is 6.03. The highest BCUT2D eigenvalue weighted by atomic mass is 32.1. The summed E-state index contributed by atoms with van der Waals surface area (Å²) in [5.41, 5.74) is 5.93. The van der Waals surface area contributed by atoms with Gasteiger partial charge in [0, 0.05) is 29.6 Å². The molecule has 1 N–H and O–H groups in total. The van der Waals surface area contributed by atoms with Crippen LogP contribution in [0.5, 0.6) is 0 Å². The maximum Gasteiger partial charge on any atom is 0.271 e. The van der Waals surface area contributed by atoms with Crippen molar-refractivity contribution in [3.05, 3.63) is 92.6 Å². The zero-order valence-corrected chi connectivity index (χ0v) is 16.0. The zero-order chi connectivity index (χ0) is 20.1. The van der Waals surface area contributed by atoms with Crippen LogP contribution in [0, 0.1) is 17.0 Å². The van der Waals surface area contributed by atoms with Crippen LogP contribution in [0.2, 0.25) is 0 Å². The van der Waals surface area contributed by atoms with E-state index in [1.165, 1.54) is 41.2 Å². The highest BCUT2D eigenvalue weighted by Gasteiger charge is 2.10. The lowest BCUT2D eigenvalue weighted by molar-refractivity contribution is -0.384. The largest absolute Gasteiger partial charge is 0.311 e. The van der Waals surface area contributed by atoms with Gasteiger partial charge in [0.2, 0.25) is 4.80 Å². The molecule has 0 unspecified atom stereocenters. The summed E-state index contributed by atoms with van der Waals surface area (Å²) in [5, 5.41) is 16.9. The molecule has 0 radical (unpaired) electrons. The maximum absolute atomic E-state index is 12.3. The summed E-state index contributed by atoms with van der Waals surface area (Å²) < 4.78 is 1.96. The molecular weight excluding hydrogens is 376 g/mol. The van der Waals surface area contributed by atoms with Gasteiger partial charge < -0.3 is 4.57 Å². The molecule has 0 spiro atoms. The van der Waals surface area contributed by atoms with Gasteiger partial charge in [0.15, 0.2) is 0 Å². The molecule has 1 heterocycles. The number of nitro groups is 1. The molecule has 0 aliphatic rings. The van der Waals surface area contributed by atoms with E-state index in [0.29, 0.717) is 16.9 Å². The van der Waals surface area contributed by atoms with Crippen LogP contribution in [0.1, 0.15) is 15.9 Å². The predicted octanol–water partition coefficient (Wildman–Crippen LogP) is 3.86. The fourth-order valence-electron chi connectivity index (χ4n) is 2.58. The van der Waals surface area contributed by atoms with Crippen molar-refractivity contribution in [3.63, 3.8) is 0 Å². The van der Waals surface area contributed by atoms with E-state index >= 15 is 0 Å². The van der Waals surface area contributed by atoms with Gasteiger partial charge in [0.1, 0.15) is 0 Å². The van der Waals surface area contributed by atoms with Crippen LogP contribution in [0.3, 0.4) is 0 Å². The minimum atomic E-state index is -0.511. The number of thiazole rings is 1. The quantitative estimate of drug-likeness (QED) is 0.391. The third kappa shape index (κ3) is 4.24. The molecule has 1 amide bonds. The van der Waals surface area contributed by atoms with E-state index < -0.39 is 10.8 Å². The number of carbonyl (C=O) groups is 1. The monoisotopic (exact) mass is 394 g/mol. The Labute approximate surface area is 165 Å². The van der Waals surface area contributed by atoms with Crippen molar-refractivity contribution >= 4 is 22.9 Å². The SMILES string of the molecule is C=CCn1c(-c2ccc(C)cc2)cs/c1=N/NC(=O)c1ccc([N+](=O)[O-])cc1. The van der Waals surface area contributed by atoms with Gasteiger partial charge in [-0.15, -0.1) is 23.0 Å². The number of non-ortho nitro benzene ring substituents is 1. The molecular formula is C20H18N4O3S. The summed E-state index contributed by atoms with van der Waals surface area (Å²) in [6, 6.07) is 13.5. The molecule has 3 aromatic rings. The number of nitrogens with one attached hydrogen (secondary N) is 1. The zero-order valence-electron chi connectivity index (χ0n) is 15.2. The number of aryl methyl sites for hydroxylation is 1. The van der Waals surface area contributed by atoms with Crippen molar-refractivity contribution in [2.45, 2.75) is 13.5 Å². The van der Waals surface area contributed by atoms with Gasteiger partial charge in [-0.2, -0.15) is 0 Å². The van der Waals surface area contributed by atoms with Gasteiger partial charge in [-0.1, -0.05) is 35.9 Å². The smallest absolute Gasteiger partial charge is 0.271 e. The summed E-state index contributed by atoms with van der Waals surface area (Å²) in [7, 11) is 0. The predicted molar refractivity (Wildman–Crippen MR) is 109 cm³/mol. The van der Waals surface area contributed by atoms with Crippen LogP contribution in [0.25, 0.3) is 11.3 Å². The Kier molecular flexibility index (Phi) is 5.81. The summed E-state index contributed by atoms with van der Waals surface area (Å²) in [4.78, 5) is 23.1. The molecule has 0 saturated carbocycles. The van der Waals surface area contributed by atoms with E-state index in [9.17, 15) is 14.9 Å². The minimum absolute atomic E-state index is 0.0710. The van der Waals surface area contributed by atoms with Crippen LogP contribution in [-0.2, 0) is 6.54 Å². The Bertz CT molecular complexity index is 1080. The Morgan fingerprint density at radius 2 is 1.93 bits per heavy atom. The third-order valence-electron chi connectivity index (χ3n) is 4.05. The standard InChI is InChI=1S/C20H18N4O3S/c1-3-12-23-18(15-6-4-14(2)5-7-15)13-28-20(23)22-21-19(25)16-8-10-17(11-9-16)24(26)27/h3-11,13H,1,12H2,2H3,(H,21,25)/b22-20+. The van der Waals surface area contributed by atoms with Crippen LogP contribution in [-0.4, -0.2) is 15.4 Å². The normalized spacial score (nSPS) is 11.2. The molecule has 0 bridgehead atoms. The highest BCUT2D eigenvalue weighted by molar-refractivity contribution is 7.07. The van der Waals surface area contributed by atoms with Gasteiger partial charge >= 0.3 is 0 Å². The Balaban J connectivity index is 1.87. The molecule has 0 fully saturated rings. The van der Waals surface area contributed by atoms with Gasteiger partial charge in [-0.25, -0.2) is 5.43 Å². The first-order valence-electron chi connectivity index (χ1n) is 8.44. The van der Waals surface area contributed by atoms with Crippen LogP contribution < -0.4 is 10.2 Å². The van der Waals surface area contributed by atoms with E-state index in [0.717, 1.165) is 11.3 Å². The van der Waals surface area contributed by atoms with Crippen molar-refractivity contribution in [3.8, 4) is 11.3 Å². The van der Waals surface area contributed by atoms with E-state index in [4.69, 9.17) is 0 Å². The molecule has 2 aromatic carbocycles. The van der Waals surface area contributed by atoms with E-state index in [2.05, 4.69) is 17.1 Å². The number of benzene rings is 2. The number of rotatable bonds is 6. The second kappa shape index (κ2) is 8.45. The fraction of sp³-hybridized carbons (Fsp3) is 0.100. The number of hydrogen-bond donors (Lipinski definition) is 1. The third-order valence-corrected chi connectivity index (χ3v) is 4.91. The average molecular weight is 394 g/mol. The molecule has 0 aliphatic heterocycles. The summed E-state index contributed by atoms with van der Waals surface area (Å²) >= 11 is 1.40. The molecule has 7 nitrogen and oxygen atoms in total. The van der Waals surface area contributed by atoms with Gasteiger partial charge in [0.05, 0.1) is 10.6 Å². The first-order valence-corrected chi connectivity index (χ1v) is 9.32. The Hall–Kier alpha value is -3.52. The highest BCUT2D eigenvalue weighted by Crippen LogP contribution is 2.20. The number of allylic oxidation sites excluding steroid dienone is 1. The molecule has 142 valence electrons. The lowest BCUT2D eigenvalue weighted by Gasteiger charge is -2.07. The van der Waals surface area contributed by atoms with Crippen LogP contribution >= 0.6 is 11.3 Å². The second-order valence-corrected chi connectivity index (χ2v) is 6.86. The summed E-state index contributed by atoms with van der Waals surface area (Å²) in [6.07, 6.45) is 1.77. The maximum atomic E-state index is 12.3. The topological polar surface area (TPSA) is 89.5 Å². The van der Waals surface area contributed by atoms with Crippen LogP contribution in [0.4, 0.5) is 5.69 Å². The van der Waals surface area contributed by atoms with Gasteiger partial charge in [-0.05, 0) is 24.6 Å². The van der Waals surface area contributed by atoms with Crippen molar-refractivity contribution in [1.82, 2.24) is 9.99 Å². The number of amides is 1. The summed E-state index contributed by atoms with van der Waals surface area (Å²) in [6.45, 7) is 6.36. The molecule has 8 heteroatoms. The minimum Gasteiger partial charge on any atom is -0.311 e. The van der Waals surface area contributed by atoms with Gasteiger partial charge in [0.25, 0.3) is 11.6 Å². The van der Waals surface area contributed by atoms with Crippen molar-refractivity contribution < 1.29 is 9.72 Å². The number of carbonyl (C=O) groups excluding carboxylic acids is 1. The lowest BCUT2D eigenvalue weighted by atomic mass is 10.1. The molecule has 0 aliphatic carbocycles. The number of nitrogens with zero attached hydrogens (tertiary/aromatic N) is 3. The number of aromatic nitrogens is 1. The Morgan fingerprint density at radius 3 is 2.54 bits per heavy atom. The van der Waals surface area contributed by atoms with Gasteiger partial charge in [-0.3, -0.25) is 14.9 Å². The summed E-state index contributed by atoms with van der Waals surface area (Å²) in [5.74, 6) is -0.440. The van der Waals surface area contributed by atoms with Crippen molar-refractivity contribution in [1.29, 1.82) is 0 Å². The molecule has 0 saturated heterocycles. The average Bonchev–Trinajstić information content (AvgIpc) is 3.09. The molecule has 1 aromatic heterocycles. The van der Waals surface area contributed by atoms with Crippen LogP contribution in [0.15, 0.2) is 71.7 Å². The molecule has 3 rings (SSSR count). The Morgan fingerprint density at radius 1 is 1.25 bits per heavy atom. The first-order chi connectivity index (χ1) is 13.5. The van der Waals surface area contributed by atoms with Crippen molar-refractivity contribution in [2.75, 3.05) is 0 Å². The molecule has 28 heavy (non-hydrogen) atoms. The van der Waals surface area contributed by atoms with E-state index in [1.54, 1.807) is 6.08 Å².